The maximum Gasteiger partial charge on any atom is 0.253 e. The van der Waals surface area contributed by atoms with E-state index in [9.17, 15) is 9.18 Å². The van der Waals surface area contributed by atoms with Crippen molar-refractivity contribution in [3.05, 3.63) is 65.0 Å². The Morgan fingerprint density at radius 2 is 1.89 bits per heavy atom. The highest BCUT2D eigenvalue weighted by molar-refractivity contribution is 5.94. The van der Waals surface area contributed by atoms with Gasteiger partial charge in [-0.15, -0.1) is 0 Å². The van der Waals surface area contributed by atoms with E-state index in [1.54, 1.807) is 11.0 Å². The van der Waals surface area contributed by atoms with E-state index in [1.807, 2.05) is 7.05 Å². The summed E-state index contributed by atoms with van der Waals surface area (Å²) >= 11 is 0. The van der Waals surface area contributed by atoms with E-state index in [1.165, 1.54) is 30.4 Å². The number of halogens is 1. The lowest BCUT2D eigenvalue weighted by atomic mass is 10.0. The van der Waals surface area contributed by atoms with Crippen LogP contribution in [-0.2, 0) is 12.8 Å². The maximum atomic E-state index is 14.0. The Morgan fingerprint density at radius 1 is 1.18 bits per heavy atom. The van der Waals surface area contributed by atoms with Gasteiger partial charge in [0.2, 0.25) is 0 Å². The van der Waals surface area contributed by atoms with Crippen molar-refractivity contribution < 1.29 is 13.9 Å². The number of ether oxygens (including phenoxy) is 1. The SMILES string of the molecule is COc1ccc(C(=O)N(C)C2CCCN(C3Cc4ccccc4C3)C2)cc1F. The van der Waals surface area contributed by atoms with Gasteiger partial charge in [-0.05, 0) is 61.6 Å². The number of likely N-dealkylation sites (N-methyl/N-ethyl adjacent to an activating group) is 1. The standard InChI is InChI=1S/C23H27FN2O2/c1-25(23(27)18-9-10-22(28-2)21(24)14-18)19-8-5-11-26(15-19)20-12-16-6-3-4-7-17(16)13-20/h3-4,6-7,9-10,14,19-20H,5,8,11-13,15H2,1-2H3. The molecule has 2 aromatic rings. The number of carbonyl (C=O) groups is 1. The summed E-state index contributed by atoms with van der Waals surface area (Å²) in [5, 5.41) is 0. The number of likely N-dealkylation sites (tertiary alicyclic amines) is 1. The van der Waals surface area contributed by atoms with Crippen molar-refractivity contribution in [1.29, 1.82) is 0 Å². The van der Waals surface area contributed by atoms with E-state index >= 15 is 0 Å². The molecule has 1 fully saturated rings. The van der Waals surface area contributed by atoms with Crippen LogP contribution in [-0.4, -0.2) is 55.0 Å². The minimum atomic E-state index is -0.504. The van der Waals surface area contributed by atoms with Gasteiger partial charge in [0.25, 0.3) is 5.91 Å². The fourth-order valence-corrected chi connectivity index (χ4v) is 4.59. The van der Waals surface area contributed by atoms with Gasteiger partial charge in [-0.3, -0.25) is 9.69 Å². The van der Waals surface area contributed by atoms with Gasteiger partial charge in [0, 0.05) is 31.2 Å². The van der Waals surface area contributed by atoms with E-state index in [0.29, 0.717) is 11.6 Å². The van der Waals surface area contributed by atoms with Crippen LogP contribution >= 0.6 is 0 Å². The molecule has 2 aliphatic rings. The number of piperidine rings is 1. The summed E-state index contributed by atoms with van der Waals surface area (Å²) in [6, 6.07) is 13.8. The number of methoxy groups -OCH3 is 1. The molecule has 2 aromatic carbocycles. The topological polar surface area (TPSA) is 32.8 Å². The largest absolute Gasteiger partial charge is 0.494 e. The van der Waals surface area contributed by atoms with E-state index in [0.717, 1.165) is 38.8 Å². The zero-order chi connectivity index (χ0) is 19.7. The van der Waals surface area contributed by atoms with Gasteiger partial charge < -0.3 is 9.64 Å². The monoisotopic (exact) mass is 382 g/mol. The molecule has 1 aliphatic heterocycles. The summed E-state index contributed by atoms with van der Waals surface area (Å²) in [7, 11) is 3.26. The second-order valence-corrected chi connectivity index (χ2v) is 7.89. The molecule has 1 atom stereocenters. The minimum Gasteiger partial charge on any atom is -0.494 e. The molecule has 1 aliphatic carbocycles. The summed E-state index contributed by atoms with van der Waals surface area (Å²) in [6.45, 7) is 1.95. The van der Waals surface area contributed by atoms with Crippen LogP contribution in [0, 0.1) is 5.82 Å². The lowest BCUT2D eigenvalue weighted by molar-refractivity contribution is 0.0555. The first kappa shape index (κ1) is 18.9. The number of amides is 1. The van der Waals surface area contributed by atoms with Crippen LogP contribution in [0.25, 0.3) is 0 Å². The Kier molecular flexibility index (Phi) is 5.36. The predicted octanol–water partition coefficient (Wildman–Crippen LogP) is 3.54. The zero-order valence-electron chi connectivity index (χ0n) is 16.5. The molecule has 1 saturated heterocycles. The molecule has 0 saturated carbocycles. The van der Waals surface area contributed by atoms with Crippen LogP contribution in [0.5, 0.6) is 5.75 Å². The number of hydrogen-bond acceptors (Lipinski definition) is 3. The molecule has 4 nitrogen and oxygen atoms in total. The molecule has 28 heavy (non-hydrogen) atoms. The molecule has 0 N–H and O–H groups in total. The Morgan fingerprint density at radius 3 is 2.54 bits per heavy atom. The maximum absolute atomic E-state index is 14.0. The molecule has 1 unspecified atom stereocenters. The molecule has 0 spiro atoms. The Bertz CT molecular complexity index is 844. The Labute approximate surface area is 165 Å². The third-order valence-corrected chi connectivity index (χ3v) is 6.24. The number of benzene rings is 2. The predicted molar refractivity (Wildman–Crippen MR) is 107 cm³/mol. The van der Waals surface area contributed by atoms with E-state index < -0.39 is 5.82 Å². The Balaban J connectivity index is 1.43. The lowest BCUT2D eigenvalue weighted by Crippen LogP contribution is -2.51. The summed E-state index contributed by atoms with van der Waals surface area (Å²) in [5.41, 5.74) is 3.27. The number of carbonyl (C=O) groups excluding carboxylic acids is 1. The van der Waals surface area contributed by atoms with Crippen LogP contribution in [0.4, 0.5) is 4.39 Å². The molecule has 148 valence electrons. The highest BCUT2D eigenvalue weighted by Gasteiger charge is 2.33. The van der Waals surface area contributed by atoms with E-state index in [4.69, 9.17) is 4.74 Å². The van der Waals surface area contributed by atoms with Crippen molar-refractivity contribution in [3.8, 4) is 5.75 Å². The number of fused-ring (bicyclic) bond motifs is 1. The number of nitrogens with zero attached hydrogens (tertiary/aromatic N) is 2. The summed E-state index contributed by atoms with van der Waals surface area (Å²) < 4.78 is 19.0. The van der Waals surface area contributed by atoms with Crippen LogP contribution in [0.15, 0.2) is 42.5 Å². The van der Waals surface area contributed by atoms with Crippen molar-refractivity contribution in [2.75, 3.05) is 27.2 Å². The fraction of sp³-hybridized carbons (Fsp3) is 0.435. The van der Waals surface area contributed by atoms with E-state index in [2.05, 4.69) is 29.2 Å². The van der Waals surface area contributed by atoms with Crippen molar-refractivity contribution >= 4 is 5.91 Å². The van der Waals surface area contributed by atoms with Gasteiger partial charge >= 0.3 is 0 Å². The summed E-state index contributed by atoms with van der Waals surface area (Å²) in [4.78, 5) is 17.2. The van der Waals surface area contributed by atoms with Crippen molar-refractivity contribution in [2.24, 2.45) is 0 Å². The zero-order valence-corrected chi connectivity index (χ0v) is 16.5. The van der Waals surface area contributed by atoms with Crippen LogP contribution in [0.2, 0.25) is 0 Å². The summed E-state index contributed by atoms with van der Waals surface area (Å²) in [6.07, 6.45) is 4.23. The van der Waals surface area contributed by atoms with Crippen molar-refractivity contribution in [1.82, 2.24) is 9.80 Å². The first-order valence-electron chi connectivity index (χ1n) is 9.98. The molecule has 1 heterocycles. The normalized spacial score (nSPS) is 20.0. The quantitative estimate of drug-likeness (QED) is 0.811. The van der Waals surface area contributed by atoms with Crippen LogP contribution in [0.1, 0.15) is 34.3 Å². The second kappa shape index (κ2) is 7.92. The molecule has 1 amide bonds. The number of rotatable bonds is 4. The summed E-state index contributed by atoms with van der Waals surface area (Å²) in [5.74, 6) is -0.484. The van der Waals surface area contributed by atoms with Gasteiger partial charge in [-0.1, -0.05) is 24.3 Å². The molecular weight excluding hydrogens is 355 g/mol. The molecule has 4 rings (SSSR count). The molecule has 0 bridgehead atoms. The third kappa shape index (κ3) is 3.63. The highest BCUT2D eigenvalue weighted by atomic mass is 19.1. The average molecular weight is 382 g/mol. The van der Waals surface area contributed by atoms with Crippen LogP contribution < -0.4 is 4.74 Å². The first-order chi connectivity index (χ1) is 13.6. The van der Waals surface area contributed by atoms with Crippen molar-refractivity contribution in [3.63, 3.8) is 0 Å². The van der Waals surface area contributed by atoms with E-state index in [-0.39, 0.29) is 17.7 Å². The second-order valence-electron chi connectivity index (χ2n) is 7.89. The molecule has 0 aromatic heterocycles. The third-order valence-electron chi connectivity index (χ3n) is 6.24. The van der Waals surface area contributed by atoms with Crippen molar-refractivity contribution in [2.45, 2.75) is 37.8 Å². The average Bonchev–Trinajstić information content (AvgIpc) is 3.17. The van der Waals surface area contributed by atoms with Gasteiger partial charge in [0.1, 0.15) is 0 Å². The lowest BCUT2D eigenvalue weighted by Gasteiger charge is -2.40. The molecular formula is C23H27FN2O2. The fourth-order valence-electron chi connectivity index (χ4n) is 4.59. The van der Waals surface area contributed by atoms with Crippen LogP contribution in [0.3, 0.4) is 0 Å². The Hall–Kier alpha value is -2.40. The number of hydrogen-bond donors (Lipinski definition) is 0. The smallest absolute Gasteiger partial charge is 0.253 e. The van der Waals surface area contributed by atoms with Gasteiger partial charge in [-0.25, -0.2) is 4.39 Å². The first-order valence-corrected chi connectivity index (χ1v) is 9.98. The minimum absolute atomic E-state index is 0.136. The van der Waals surface area contributed by atoms with Gasteiger partial charge in [0.05, 0.1) is 7.11 Å². The molecule has 0 radical (unpaired) electrons. The molecule has 5 heteroatoms. The van der Waals surface area contributed by atoms with Gasteiger partial charge in [-0.2, -0.15) is 0 Å². The highest BCUT2D eigenvalue weighted by Crippen LogP contribution is 2.28. The van der Waals surface area contributed by atoms with Gasteiger partial charge in [0.15, 0.2) is 11.6 Å².